The topological polar surface area (TPSA) is 91.7 Å². The highest BCUT2D eigenvalue weighted by Crippen LogP contribution is 2.31. The van der Waals surface area contributed by atoms with E-state index in [9.17, 15) is 14.4 Å². The van der Waals surface area contributed by atoms with E-state index < -0.39 is 23.4 Å². The highest BCUT2D eigenvalue weighted by molar-refractivity contribution is 6.04. The summed E-state index contributed by atoms with van der Waals surface area (Å²) in [5.41, 5.74) is 3.79. The van der Waals surface area contributed by atoms with E-state index in [0.717, 1.165) is 16.7 Å². The van der Waals surface area contributed by atoms with E-state index >= 15 is 0 Å². The quantitative estimate of drug-likeness (QED) is 0.428. The summed E-state index contributed by atoms with van der Waals surface area (Å²) in [6.45, 7) is 13.5. The van der Waals surface area contributed by atoms with E-state index in [0.29, 0.717) is 17.2 Å². The first-order valence-electron chi connectivity index (χ1n) is 12.5. The summed E-state index contributed by atoms with van der Waals surface area (Å²) in [5, 5.41) is 5.67. The second kappa shape index (κ2) is 11.5. The zero-order chi connectivity index (χ0) is 27.3. The first-order valence-corrected chi connectivity index (χ1v) is 12.5. The highest BCUT2D eigenvalue weighted by atomic mass is 16.3. The van der Waals surface area contributed by atoms with Gasteiger partial charge in [0, 0.05) is 11.2 Å². The Hall–Kier alpha value is -3.87. The van der Waals surface area contributed by atoms with Crippen LogP contribution in [0, 0.1) is 13.8 Å². The predicted octanol–water partition coefficient (Wildman–Crippen LogP) is 5.44. The van der Waals surface area contributed by atoms with Gasteiger partial charge >= 0.3 is 0 Å². The van der Waals surface area contributed by atoms with Gasteiger partial charge in [-0.1, -0.05) is 44.2 Å². The van der Waals surface area contributed by atoms with E-state index in [1.807, 2.05) is 77.1 Å². The maximum atomic E-state index is 13.8. The molecule has 0 aliphatic heterocycles. The lowest BCUT2D eigenvalue weighted by atomic mass is 9.96. The molecule has 1 aromatic heterocycles. The number of amides is 3. The first-order chi connectivity index (χ1) is 17.4. The Morgan fingerprint density at radius 2 is 1.51 bits per heavy atom. The van der Waals surface area contributed by atoms with Gasteiger partial charge in [-0.2, -0.15) is 0 Å². The summed E-state index contributed by atoms with van der Waals surface area (Å²) in [7, 11) is 0. The van der Waals surface area contributed by atoms with Gasteiger partial charge in [-0.3, -0.25) is 19.3 Å². The summed E-state index contributed by atoms with van der Waals surface area (Å²) in [6, 6.07) is 15.7. The van der Waals surface area contributed by atoms with E-state index in [1.54, 1.807) is 6.07 Å². The fourth-order valence-electron chi connectivity index (χ4n) is 4.18. The van der Waals surface area contributed by atoms with Crippen LogP contribution in [0.3, 0.4) is 0 Å². The molecule has 2 N–H and O–H groups in total. The minimum atomic E-state index is -0.949. The van der Waals surface area contributed by atoms with Gasteiger partial charge in [0.05, 0.1) is 12.8 Å². The van der Waals surface area contributed by atoms with Crippen LogP contribution in [0.1, 0.15) is 79.4 Å². The summed E-state index contributed by atoms with van der Waals surface area (Å²) >= 11 is 0. The van der Waals surface area contributed by atoms with Crippen molar-refractivity contribution in [1.82, 2.24) is 10.6 Å². The number of furan rings is 1. The molecule has 3 amide bonds. The normalized spacial score (nSPS) is 12.2. The number of nitrogens with one attached hydrogen (secondary N) is 2. The Labute approximate surface area is 219 Å². The lowest BCUT2D eigenvalue weighted by Crippen LogP contribution is -2.51. The molecule has 7 nitrogen and oxygen atoms in total. The Morgan fingerprint density at radius 1 is 0.919 bits per heavy atom. The average molecular weight is 504 g/mol. The standard InChI is InChI=1S/C30H37N3O4/c1-19(2)22-10-12-23(13-11-22)27(29(36)32-30(5,6)7)33(24-16-20(3)15-21(4)17-24)26(34)18-31-28(35)25-9-8-14-37-25/h8-17,19,27H,18H2,1-7H3,(H,31,35)(H,32,36)/t27-/m0/s1. The molecule has 0 aliphatic rings. The molecular formula is C30H37N3O4. The number of carbonyl (C=O) groups excluding carboxylic acids is 3. The number of carbonyl (C=O) groups is 3. The van der Waals surface area contributed by atoms with Crippen LogP contribution in [0.2, 0.25) is 0 Å². The summed E-state index contributed by atoms with van der Waals surface area (Å²) in [4.78, 5) is 41.6. The SMILES string of the molecule is Cc1cc(C)cc(N(C(=O)CNC(=O)c2ccco2)[C@H](C(=O)NC(C)(C)C)c2ccc(C(C)C)cc2)c1. The van der Waals surface area contributed by atoms with Gasteiger partial charge in [0.2, 0.25) is 11.8 Å². The molecule has 196 valence electrons. The van der Waals surface area contributed by atoms with Crippen molar-refractivity contribution in [3.05, 3.63) is 88.9 Å². The molecular weight excluding hydrogens is 466 g/mol. The third kappa shape index (κ3) is 7.32. The van der Waals surface area contributed by atoms with Crippen molar-refractivity contribution in [3.8, 4) is 0 Å². The average Bonchev–Trinajstić information content (AvgIpc) is 3.34. The minimum Gasteiger partial charge on any atom is -0.459 e. The Kier molecular flexibility index (Phi) is 8.58. The van der Waals surface area contributed by atoms with E-state index in [1.165, 1.54) is 17.2 Å². The number of hydrogen-bond acceptors (Lipinski definition) is 4. The number of nitrogens with zero attached hydrogens (tertiary/aromatic N) is 1. The van der Waals surface area contributed by atoms with Gasteiger partial charge in [0.15, 0.2) is 5.76 Å². The van der Waals surface area contributed by atoms with E-state index in [2.05, 4.69) is 24.5 Å². The zero-order valence-electron chi connectivity index (χ0n) is 22.7. The molecule has 0 aliphatic carbocycles. The molecule has 1 heterocycles. The second-order valence-corrected chi connectivity index (χ2v) is 10.7. The molecule has 0 unspecified atom stereocenters. The smallest absolute Gasteiger partial charge is 0.287 e. The van der Waals surface area contributed by atoms with Gasteiger partial charge in [-0.15, -0.1) is 0 Å². The van der Waals surface area contributed by atoms with E-state index in [4.69, 9.17) is 4.42 Å². The fraction of sp³-hybridized carbons (Fsp3) is 0.367. The molecule has 0 spiro atoms. The maximum absolute atomic E-state index is 13.8. The molecule has 37 heavy (non-hydrogen) atoms. The predicted molar refractivity (Wildman–Crippen MR) is 146 cm³/mol. The zero-order valence-corrected chi connectivity index (χ0v) is 22.7. The molecule has 1 atom stereocenters. The Morgan fingerprint density at radius 3 is 2.03 bits per heavy atom. The molecule has 2 aromatic carbocycles. The summed E-state index contributed by atoms with van der Waals surface area (Å²) in [5.74, 6) is -0.806. The van der Waals surface area contributed by atoms with Crippen LogP contribution in [-0.2, 0) is 9.59 Å². The minimum absolute atomic E-state index is 0.108. The largest absolute Gasteiger partial charge is 0.459 e. The number of benzene rings is 2. The Bertz CT molecular complexity index is 1220. The monoisotopic (exact) mass is 503 g/mol. The van der Waals surface area contributed by atoms with Gasteiger partial charge in [0.25, 0.3) is 5.91 Å². The van der Waals surface area contributed by atoms with Crippen LogP contribution in [0.25, 0.3) is 0 Å². The van der Waals surface area contributed by atoms with Gasteiger partial charge < -0.3 is 15.1 Å². The molecule has 3 aromatic rings. The van der Waals surface area contributed by atoms with Crippen molar-refractivity contribution in [2.24, 2.45) is 0 Å². The van der Waals surface area contributed by atoms with Crippen LogP contribution in [0.5, 0.6) is 0 Å². The molecule has 0 bridgehead atoms. The lowest BCUT2D eigenvalue weighted by molar-refractivity contribution is -0.127. The maximum Gasteiger partial charge on any atom is 0.287 e. The van der Waals surface area contributed by atoms with Crippen molar-refractivity contribution < 1.29 is 18.8 Å². The van der Waals surface area contributed by atoms with E-state index in [-0.39, 0.29) is 18.2 Å². The second-order valence-electron chi connectivity index (χ2n) is 10.7. The molecule has 0 saturated carbocycles. The molecule has 0 fully saturated rings. The highest BCUT2D eigenvalue weighted by Gasteiger charge is 2.35. The van der Waals surface area contributed by atoms with Crippen molar-refractivity contribution in [3.63, 3.8) is 0 Å². The van der Waals surface area contributed by atoms with Crippen LogP contribution < -0.4 is 15.5 Å². The van der Waals surface area contributed by atoms with Crippen LogP contribution in [0.15, 0.2) is 65.3 Å². The van der Waals surface area contributed by atoms with Crippen molar-refractivity contribution >= 4 is 23.4 Å². The van der Waals surface area contributed by atoms with Crippen molar-refractivity contribution in [2.45, 2.75) is 66.0 Å². The fourth-order valence-corrected chi connectivity index (χ4v) is 4.18. The van der Waals surface area contributed by atoms with Crippen LogP contribution in [0.4, 0.5) is 5.69 Å². The molecule has 0 saturated heterocycles. The van der Waals surface area contributed by atoms with Crippen molar-refractivity contribution in [1.29, 1.82) is 0 Å². The Balaban J connectivity index is 2.08. The molecule has 3 rings (SSSR count). The first kappa shape index (κ1) is 27.7. The molecule has 7 heteroatoms. The summed E-state index contributed by atoms with van der Waals surface area (Å²) in [6.07, 6.45) is 1.40. The van der Waals surface area contributed by atoms with Gasteiger partial charge in [-0.25, -0.2) is 0 Å². The van der Waals surface area contributed by atoms with Gasteiger partial charge in [0.1, 0.15) is 6.04 Å². The van der Waals surface area contributed by atoms with Crippen LogP contribution in [-0.4, -0.2) is 29.8 Å². The molecule has 0 radical (unpaired) electrons. The summed E-state index contributed by atoms with van der Waals surface area (Å²) < 4.78 is 5.14. The number of anilines is 1. The number of hydrogen-bond donors (Lipinski definition) is 2. The van der Waals surface area contributed by atoms with Gasteiger partial charge in [-0.05, 0) is 87.1 Å². The number of aryl methyl sites for hydroxylation is 2. The number of rotatable bonds is 8. The lowest BCUT2D eigenvalue weighted by Gasteiger charge is -2.34. The third-order valence-electron chi connectivity index (χ3n) is 5.82. The van der Waals surface area contributed by atoms with Crippen LogP contribution >= 0.6 is 0 Å². The third-order valence-corrected chi connectivity index (χ3v) is 5.82. The van der Waals surface area contributed by atoms with Crippen molar-refractivity contribution in [2.75, 3.05) is 11.4 Å².